The predicted molar refractivity (Wildman–Crippen MR) is 97.5 cm³/mol. The van der Waals surface area contributed by atoms with Gasteiger partial charge in [-0.25, -0.2) is 18.7 Å². The summed E-state index contributed by atoms with van der Waals surface area (Å²) in [5, 5.41) is 9.83. The van der Waals surface area contributed by atoms with Crippen LogP contribution in [0.15, 0.2) is 42.7 Å². The van der Waals surface area contributed by atoms with E-state index in [1.165, 1.54) is 24.5 Å². The number of carboxylic acid groups (broad SMARTS) is 1. The summed E-state index contributed by atoms with van der Waals surface area (Å²) < 4.78 is 28.2. The summed E-state index contributed by atoms with van der Waals surface area (Å²) in [6, 6.07) is 8.93. The fourth-order valence-electron chi connectivity index (χ4n) is 3.63. The van der Waals surface area contributed by atoms with Crippen LogP contribution in [0, 0.1) is 17.6 Å². The first-order valence-electron chi connectivity index (χ1n) is 8.71. The van der Waals surface area contributed by atoms with Gasteiger partial charge in [-0.15, -0.1) is 0 Å². The van der Waals surface area contributed by atoms with Gasteiger partial charge in [-0.1, -0.05) is 18.2 Å². The molecule has 0 radical (unpaired) electrons. The minimum absolute atomic E-state index is 0.138. The normalized spacial score (nSPS) is 17.3. The van der Waals surface area contributed by atoms with Gasteiger partial charge in [0, 0.05) is 13.1 Å². The standard InChI is InChI=1S/C20H17F2N3O2/c21-14-5-1-3-12(9-14)15-6-7-16(22)18-17(15)19(24-11-23-18)25-8-2-4-13(10-25)20(26)27/h1,3,5-7,9,11,13H,2,4,8,10H2,(H,26,27). The van der Waals surface area contributed by atoms with E-state index in [4.69, 9.17) is 0 Å². The SMILES string of the molecule is O=C(O)C1CCCN(c2ncnc3c(F)ccc(-c4cccc(F)c4)c23)C1. The van der Waals surface area contributed by atoms with Crippen molar-refractivity contribution in [1.29, 1.82) is 0 Å². The maximum absolute atomic E-state index is 14.4. The van der Waals surface area contributed by atoms with Crippen LogP contribution in [0.5, 0.6) is 0 Å². The van der Waals surface area contributed by atoms with Crippen molar-refractivity contribution in [2.45, 2.75) is 12.8 Å². The third-order valence-corrected chi connectivity index (χ3v) is 4.92. The molecule has 4 rings (SSSR count). The van der Waals surface area contributed by atoms with Crippen LogP contribution in [0.4, 0.5) is 14.6 Å². The highest BCUT2D eigenvalue weighted by Crippen LogP contribution is 2.36. The Morgan fingerprint density at radius 2 is 2.04 bits per heavy atom. The van der Waals surface area contributed by atoms with Gasteiger partial charge in [0.1, 0.15) is 29.3 Å². The molecule has 3 aromatic rings. The number of hydrogen-bond acceptors (Lipinski definition) is 4. The molecule has 1 aromatic heterocycles. The van der Waals surface area contributed by atoms with E-state index < -0.39 is 23.5 Å². The molecule has 138 valence electrons. The molecule has 1 saturated heterocycles. The van der Waals surface area contributed by atoms with E-state index in [0.717, 1.165) is 0 Å². The highest BCUT2D eigenvalue weighted by atomic mass is 19.1. The Labute approximate surface area is 154 Å². The molecule has 1 atom stereocenters. The van der Waals surface area contributed by atoms with Crippen molar-refractivity contribution >= 4 is 22.7 Å². The number of carboxylic acids is 1. The molecule has 27 heavy (non-hydrogen) atoms. The van der Waals surface area contributed by atoms with Gasteiger partial charge in [0.25, 0.3) is 0 Å². The van der Waals surface area contributed by atoms with Gasteiger partial charge in [0.2, 0.25) is 0 Å². The van der Waals surface area contributed by atoms with Crippen molar-refractivity contribution < 1.29 is 18.7 Å². The molecular weight excluding hydrogens is 352 g/mol. The topological polar surface area (TPSA) is 66.3 Å². The van der Waals surface area contributed by atoms with Crippen LogP contribution >= 0.6 is 0 Å². The highest BCUT2D eigenvalue weighted by molar-refractivity contribution is 6.02. The number of fused-ring (bicyclic) bond motifs is 1. The van der Waals surface area contributed by atoms with Gasteiger partial charge in [-0.2, -0.15) is 0 Å². The number of nitrogens with zero attached hydrogens (tertiary/aromatic N) is 3. The van der Waals surface area contributed by atoms with Gasteiger partial charge < -0.3 is 10.0 Å². The van der Waals surface area contributed by atoms with Crippen molar-refractivity contribution in [3.05, 3.63) is 54.4 Å². The van der Waals surface area contributed by atoms with Crippen molar-refractivity contribution in [3.63, 3.8) is 0 Å². The second-order valence-corrected chi connectivity index (χ2v) is 6.65. The summed E-state index contributed by atoms with van der Waals surface area (Å²) >= 11 is 0. The maximum Gasteiger partial charge on any atom is 0.308 e. The number of aromatic nitrogens is 2. The Balaban J connectivity index is 1.91. The van der Waals surface area contributed by atoms with E-state index in [1.807, 2.05) is 4.90 Å². The summed E-state index contributed by atoms with van der Waals surface area (Å²) in [6.07, 6.45) is 2.58. The van der Waals surface area contributed by atoms with E-state index in [9.17, 15) is 18.7 Å². The van der Waals surface area contributed by atoms with E-state index >= 15 is 0 Å². The molecular formula is C20H17F2N3O2. The molecule has 1 aliphatic heterocycles. The summed E-state index contributed by atoms with van der Waals surface area (Å²) in [5.74, 6) is -1.78. The Hall–Kier alpha value is -3.09. The Morgan fingerprint density at radius 3 is 2.81 bits per heavy atom. The lowest BCUT2D eigenvalue weighted by Crippen LogP contribution is -2.39. The average molecular weight is 369 g/mol. The van der Waals surface area contributed by atoms with Crippen LogP contribution in [0.25, 0.3) is 22.0 Å². The molecule has 2 heterocycles. The number of halogens is 2. The molecule has 7 heteroatoms. The minimum atomic E-state index is -0.852. The second kappa shape index (κ2) is 6.90. The van der Waals surface area contributed by atoms with Gasteiger partial charge in [0.15, 0.2) is 0 Å². The monoisotopic (exact) mass is 369 g/mol. The molecule has 0 amide bonds. The smallest absolute Gasteiger partial charge is 0.308 e. The maximum atomic E-state index is 14.4. The van der Waals surface area contributed by atoms with E-state index in [1.54, 1.807) is 18.2 Å². The fourth-order valence-corrected chi connectivity index (χ4v) is 3.63. The van der Waals surface area contributed by atoms with Crippen LogP contribution in [-0.2, 0) is 4.79 Å². The zero-order chi connectivity index (χ0) is 19.0. The van der Waals surface area contributed by atoms with E-state index in [2.05, 4.69) is 9.97 Å². The fraction of sp³-hybridized carbons (Fsp3) is 0.250. The van der Waals surface area contributed by atoms with E-state index in [0.29, 0.717) is 48.3 Å². The molecule has 0 spiro atoms. The van der Waals surface area contributed by atoms with Crippen molar-refractivity contribution in [1.82, 2.24) is 9.97 Å². The van der Waals surface area contributed by atoms with Crippen LogP contribution in [-0.4, -0.2) is 34.1 Å². The van der Waals surface area contributed by atoms with Crippen LogP contribution in [0.2, 0.25) is 0 Å². The first kappa shape index (κ1) is 17.3. The molecule has 1 N–H and O–H groups in total. The third kappa shape index (κ3) is 3.20. The van der Waals surface area contributed by atoms with Crippen molar-refractivity contribution in [2.24, 2.45) is 5.92 Å². The lowest BCUT2D eigenvalue weighted by atomic mass is 9.96. The van der Waals surface area contributed by atoms with Gasteiger partial charge in [0.05, 0.1) is 11.3 Å². The van der Waals surface area contributed by atoms with Crippen LogP contribution < -0.4 is 4.90 Å². The zero-order valence-corrected chi connectivity index (χ0v) is 14.4. The Kier molecular flexibility index (Phi) is 4.43. The Morgan fingerprint density at radius 1 is 1.19 bits per heavy atom. The van der Waals surface area contributed by atoms with E-state index in [-0.39, 0.29) is 5.52 Å². The van der Waals surface area contributed by atoms with Gasteiger partial charge in [-0.05, 0) is 42.2 Å². The molecule has 0 saturated carbocycles. The summed E-state index contributed by atoms with van der Waals surface area (Å²) in [5.41, 5.74) is 1.33. The largest absolute Gasteiger partial charge is 0.481 e. The molecule has 1 unspecified atom stereocenters. The average Bonchev–Trinajstić information content (AvgIpc) is 2.68. The lowest BCUT2D eigenvalue weighted by molar-refractivity contribution is -0.141. The number of aliphatic carboxylic acids is 1. The number of hydrogen-bond donors (Lipinski definition) is 1. The molecule has 0 bridgehead atoms. The highest BCUT2D eigenvalue weighted by Gasteiger charge is 2.28. The number of anilines is 1. The number of piperidine rings is 1. The Bertz CT molecular complexity index is 1030. The first-order valence-corrected chi connectivity index (χ1v) is 8.71. The first-order chi connectivity index (χ1) is 13.0. The summed E-state index contributed by atoms with van der Waals surface area (Å²) in [4.78, 5) is 21.7. The molecule has 2 aromatic carbocycles. The third-order valence-electron chi connectivity index (χ3n) is 4.92. The molecule has 5 nitrogen and oxygen atoms in total. The summed E-state index contributed by atoms with van der Waals surface area (Å²) in [7, 11) is 0. The number of carbonyl (C=O) groups is 1. The number of benzene rings is 2. The minimum Gasteiger partial charge on any atom is -0.481 e. The zero-order valence-electron chi connectivity index (χ0n) is 14.4. The molecule has 1 fully saturated rings. The second-order valence-electron chi connectivity index (χ2n) is 6.65. The quantitative estimate of drug-likeness (QED) is 0.759. The predicted octanol–water partition coefficient (Wildman–Crippen LogP) is 3.88. The van der Waals surface area contributed by atoms with Crippen LogP contribution in [0.3, 0.4) is 0 Å². The van der Waals surface area contributed by atoms with Crippen LogP contribution in [0.1, 0.15) is 12.8 Å². The van der Waals surface area contributed by atoms with Gasteiger partial charge >= 0.3 is 5.97 Å². The lowest BCUT2D eigenvalue weighted by Gasteiger charge is -2.32. The number of rotatable bonds is 3. The summed E-state index contributed by atoms with van der Waals surface area (Å²) in [6.45, 7) is 0.912. The van der Waals surface area contributed by atoms with Gasteiger partial charge in [-0.3, -0.25) is 4.79 Å². The van der Waals surface area contributed by atoms with Crippen molar-refractivity contribution in [3.8, 4) is 11.1 Å². The van der Waals surface area contributed by atoms with Crippen molar-refractivity contribution in [2.75, 3.05) is 18.0 Å². The molecule has 1 aliphatic rings. The molecule has 0 aliphatic carbocycles.